The molecule has 1 fully saturated rings. The maximum Gasteiger partial charge on any atom is 0.122 e. The molecule has 3 heteroatoms. The van der Waals surface area contributed by atoms with E-state index >= 15 is 0 Å². The van der Waals surface area contributed by atoms with Crippen molar-refractivity contribution in [1.82, 2.24) is 0 Å². The lowest BCUT2D eigenvalue weighted by Gasteiger charge is -2.26. The molecule has 1 saturated heterocycles. The lowest BCUT2D eigenvalue weighted by atomic mass is 9.98. The van der Waals surface area contributed by atoms with Crippen LogP contribution in [0, 0.1) is 5.92 Å². The van der Waals surface area contributed by atoms with Crippen molar-refractivity contribution in [3.05, 3.63) is 23.8 Å². The molecule has 2 aliphatic heterocycles. The van der Waals surface area contributed by atoms with Gasteiger partial charge in [-0.25, -0.2) is 0 Å². The predicted molar refractivity (Wildman–Crippen MR) is 69.3 cm³/mol. The monoisotopic (exact) mass is 248 g/mol. The molecule has 0 amide bonds. The molecule has 3 nitrogen and oxygen atoms in total. The van der Waals surface area contributed by atoms with Crippen LogP contribution in [-0.4, -0.2) is 25.9 Å². The standard InChI is InChI=1S/C15H20O3/c1-11-8-12-9-14(2-3-15(12)17-10-11)18-13-4-6-16-7-5-13/h2-3,9,11,13H,4-8,10H2,1H3. The zero-order chi connectivity index (χ0) is 12.4. The van der Waals surface area contributed by atoms with Crippen molar-refractivity contribution >= 4 is 0 Å². The van der Waals surface area contributed by atoms with Crippen molar-refractivity contribution < 1.29 is 14.2 Å². The molecule has 1 aromatic carbocycles. The summed E-state index contributed by atoms with van der Waals surface area (Å²) in [5.74, 6) is 2.58. The highest BCUT2D eigenvalue weighted by atomic mass is 16.5. The van der Waals surface area contributed by atoms with Crippen LogP contribution in [0.25, 0.3) is 0 Å². The summed E-state index contributed by atoms with van der Waals surface area (Å²) in [4.78, 5) is 0. The van der Waals surface area contributed by atoms with E-state index in [0.717, 1.165) is 50.6 Å². The van der Waals surface area contributed by atoms with Crippen LogP contribution in [0.4, 0.5) is 0 Å². The van der Waals surface area contributed by atoms with Gasteiger partial charge in [0.05, 0.1) is 19.8 Å². The van der Waals surface area contributed by atoms with Gasteiger partial charge in [0.25, 0.3) is 0 Å². The van der Waals surface area contributed by atoms with E-state index in [1.54, 1.807) is 0 Å². The highest BCUT2D eigenvalue weighted by Gasteiger charge is 2.19. The fourth-order valence-corrected chi connectivity index (χ4v) is 2.58. The van der Waals surface area contributed by atoms with Gasteiger partial charge in [-0.3, -0.25) is 0 Å². The maximum absolute atomic E-state index is 6.02. The Morgan fingerprint density at radius 1 is 1.22 bits per heavy atom. The van der Waals surface area contributed by atoms with E-state index in [-0.39, 0.29) is 0 Å². The number of hydrogen-bond donors (Lipinski definition) is 0. The van der Waals surface area contributed by atoms with Gasteiger partial charge >= 0.3 is 0 Å². The van der Waals surface area contributed by atoms with Crippen molar-refractivity contribution in [1.29, 1.82) is 0 Å². The summed E-state index contributed by atoms with van der Waals surface area (Å²) in [6, 6.07) is 6.20. The molecule has 1 atom stereocenters. The molecule has 0 N–H and O–H groups in total. The molecular formula is C15H20O3. The zero-order valence-electron chi connectivity index (χ0n) is 10.9. The highest BCUT2D eigenvalue weighted by Crippen LogP contribution is 2.31. The van der Waals surface area contributed by atoms with Crippen LogP contribution in [0.3, 0.4) is 0 Å². The number of rotatable bonds is 2. The van der Waals surface area contributed by atoms with Crippen LogP contribution in [0.5, 0.6) is 11.5 Å². The lowest BCUT2D eigenvalue weighted by Crippen LogP contribution is -2.26. The molecule has 3 rings (SSSR count). The molecule has 0 aromatic heterocycles. The molecule has 1 aromatic rings. The topological polar surface area (TPSA) is 27.7 Å². The third kappa shape index (κ3) is 2.61. The van der Waals surface area contributed by atoms with E-state index in [1.807, 2.05) is 12.1 Å². The van der Waals surface area contributed by atoms with E-state index in [1.165, 1.54) is 5.56 Å². The van der Waals surface area contributed by atoms with Crippen LogP contribution < -0.4 is 9.47 Å². The molecule has 98 valence electrons. The number of fused-ring (bicyclic) bond motifs is 1. The van der Waals surface area contributed by atoms with Crippen molar-refractivity contribution in [2.75, 3.05) is 19.8 Å². The second kappa shape index (κ2) is 5.19. The Bertz CT molecular complexity index is 410. The van der Waals surface area contributed by atoms with Crippen molar-refractivity contribution in [2.24, 2.45) is 5.92 Å². The summed E-state index contributed by atoms with van der Waals surface area (Å²) in [5.41, 5.74) is 1.28. The second-order valence-electron chi connectivity index (χ2n) is 5.32. The molecular weight excluding hydrogens is 228 g/mol. The van der Waals surface area contributed by atoms with Gasteiger partial charge in [0.1, 0.15) is 17.6 Å². The number of ether oxygens (including phenoxy) is 3. The van der Waals surface area contributed by atoms with E-state index in [9.17, 15) is 0 Å². The Kier molecular flexibility index (Phi) is 3.41. The molecule has 0 radical (unpaired) electrons. The molecule has 0 bridgehead atoms. The van der Waals surface area contributed by atoms with E-state index in [4.69, 9.17) is 14.2 Å². The average molecular weight is 248 g/mol. The predicted octanol–water partition coefficient (Wildman–Crippen LogP) is 2.82. The summed E-state index contributed by atoms with van der Waals surface area (Å²) in [6.45, 7) is 4.67. The molecule has 1 unspecified atom stereocenters. The first-order valence-electron chi connectivity index (χ1n) is 6.81. The number of benzene rings is 1. The Balaban J connectivity index is 1.71. The molecule has 18 heavy (non-hydrogen) atoms. The fraction of sp³-hybridized carbons (Fsp3) is 0.600. The third-order valence-electron chi connectivity index (χ3n) is 3.59. The minimum atomic E-state index is 0.304. The van der Waals surface area contributed by atoms with Gasteiger partial charge in [-0.1, -0.05) is 6.92 Å². The largest absolute Gasteiger partial charge is 0.493 e. The van der Waals surface area contributed by atoms with Crippen molar-refractivity contribution in [3.8, 4) is 11.5 Å². The van der Waals surface area contributed by atoms with E-state index < -0.39 is 0 Å². The zero-order valence-corrected chi connectivity index (χ0v) is 10.9. The van der Waals surface area contributed by atoms with Crippen LogP contribution in [-0.2, 0) is 11.2 Å². The minimum absolute atomic E-state index is 0.304. The van der Waals surface area contributed by atoms with Gasteiger partial charge in [-0.2, -0.15) is 0 Å². The summed E-state index contributed by atoms with van der Waals surface area (Å²) in [6.07, 6.45) is 3.37. The van der Waals surface area contributed by atoms with Crippen molar-refractivity contribution in [2.45, 2.75) is 32.3 Å². The SMILES string of the molecule is CC1COc2ccc(OC3CCOCC3)cc2C1. The van der Waals surface area contributed by atoms with Crippen LogP contribution in [0.15, 0.2) is 18.2 Å². The van der Waals surface area contributed by atoms with Crippen molar-refractivity contribution in [3.63, 3.8) is 0 Å². The average Bonchev–Trinajstić information content (AvgIpc) is 2.39. The normalized spacial score (nSPS) is 24.2. The van der Waals surface area contributed by atoms with E-state index in [0.29, 0.717) is 12.0 Å². The Morgan fingerprint density at radius 2 is 2.06 bits per heavy atom. The molecule has 2 heterocycles. The van der Waals surface area contributed by atoms with Crippen LogP contribution in [0.1, 0.15) is 25.3 Å². The van der Waals surface area contributed by atoms with Gasteiger partial charge in [-0.15, -0.1) is 0 Å². The Labute approximate surface area is 108 Å². The third-order valence-corrected chi connectivity index (χ3v) is 3.59. The highest BCUT2D eigenvalue weighted by molar-refractivity contribution is 5.41. The first-order chi connectivity index (χ1) is 8.81. The summed E-state index contributed by atoms with van der Waals surface area (Å²) in [5, 5.41) is 0. The quantitative estimate of drug-likeness (QED) is 0.805. The maximum atomic E-state index is 6.02. The summed E-state index contributed by atoms with van der Waals surface area (Å²) in [7, 11) is 0. The van der Waals surface area contributed by atoms with Gasteiger partial charge in [0.15, 0.2) is 0 Å². The summed E-state index contributed by atoms with van der Waals surface area (Å²) >= 11 is 0. The van der Waals surface area contributed by atoms with Gasteiger partial charge in [-0.05, 0) is 36.1 Å². The van der Waals surface area contributed by atoms with Crippen LogP contribution in [0.2, 0.25) is 0 Å². The molecule has 0 saturated carbocycles. The van der Waals surface area contributed by atoms with Gasteiger partial charge < -0.3 is 14.2 Å². The van der Waals surface area contributed by atoms with Crippen LogP contribution >= 0.6 is 0 Å². The van der Waals surface area contributed by atoms with Gasteiger partial charge in [0.2, 0.25) is 0 Å². The smallest absolute Gasteiger partial charge is 0.122 e. The van der Waals surface area contributed by atoms with E-state index in [2.05, 4.69) is 13.0 Å². The molecule has 2 aliphatic rings. The molecule has 0 aliphatic carbocycles. The number of hydrogen-bond acceptors (Lipinski definition) is 3. The Morgan fingerprint density at radius 3 is 2.89 bits per heavy atom. The second-order valence-corrected chi connectivity index (χ2v) is 5.32. The first-order valence-corrected chi connectivity index (χ1v) is 6.81. The Hall–Kier alpha value is -1.22. The first kappa shape index (κ1) is 11.8. The summed E-state index contributed by atoms with van der Waals surface area (Å²) < 4.78 is 17.1. The van der Waals surface area contributed by atoms with Gasteiger partial charge in [0, 0.05) is 12.8 Å². The molecule has 0 spiro atoms. The lowest BCUT2D eigenvalue weighted by molar-refractivity contribution is 0.0255. The minimum Gasteiger partial charge on any atom is -0.493 e. The fourth-order valence-electron chi connectivity index (χ4n) is 2.58.